The highest BCUT2D eigenvalue weighted by atomic mass is 16.5. The number of aliphatic carboxylic acids is 1. The summed E-state index contributed by atoms with van der Waals surface area (Å²) in [4.78, 5) is 35.3. The Balaban J connectivity index is 0.000000459. The predicted molar refractivity (Wildman–Crippen MR) is 83.3 cm³/mol. The monoisotopic (exact) mass is 331 g/mol. The second kappa shape index (κ2) is 11.2. The zero-order chi connectivity index (χ0) is 17.8. The van der Waals surface area contributed by atoms with E-state index in [0.29, 0.717) is 38.8 Å². The molecule has 1 aliphatic heterocycles. The number of nitrogens with zero attached hydrogens (tertiary/aromatic N) is 1. The Bertz CT molecular complexity index is 436. The van der Waals surface area contributed by atoms with Gasteiger partial charge >= 0.3 is 11.9 Å². The van der Waals surface area contributed by atoms with Gasteiger partial charge in [-0.3, -0.25) is 14.6 Å². The molecule has 0 aromatic carbocycles. The number of carbonyl (C=O) groups excluding carboxylic acids is 2. The summed E-state index contributed by atoms with van der Waals surface area (Å²) in [7, 11) is 0. The Morgan fingerprint density at radius 1 is 1.48 bits per heavy atom. The van der Waals surface area contributed by atoms with E-state index in [0.717, 1.165) is 0 Å². The SMILES string of the molecule is CCOC(=O)C(N)CCCN=C(N)N.O=C1CC[C@@H](C(=O)O)N1. The first-order chi connectivity index (χ1) is 10.8. The van der Waals surface area contributed by atoms with Crippen molar-refractivity contribution in [1.29, 1.82) is 0 Å². The highest BCUT2D eigenvalue weighted by molar-refractivity contribution is 5.87. The van der Waals surface area contributed by atoms with Gasteiger partial charge in [0.05, 0.1) is 6.61 Å². The molecule has 1 saturated heterocycles. The molecule has 2 atom stereocenters. The average Bonchev–Trinajstić information content (AvgIpc) is 2.91. The number of hydrogen-bond acceptors (Lipinski definition) is 6. The first-order valence-corrected chi connectivity index (χ1v) is 7.27. The maximum atomic E-state index is 11.0. The highest BCUT2D eigenvalue weighted by Gasteiger charge is 2.26. The molecule has 1 heterocycles. The number of carbonyl (C=O) groups is 3. The number of carboxylic acids is 1. The van der Waals surface area contributed by atoms with Crippen LogP contribution in [0.4, 0.5) is 0 Å². The van der Waals surface area contributed by atoms with E-state index < -0.39 is 18.1 Å². The van der Waals surface area contributed by atoms with Crippen molar-refractivity contribution >= 4 is 23.8 Å². The van der Waals surface area contributed by atoms with Gasteiger partial charge in [0.25, 0.3) is 0 Å². The van der Waals surface area contributed by atoms with Crippen molar-refractivity contribution in [3.63, 3.8) is 0 Å². The van der Waals surface area contributed by atoms with Crippen LogP contribution >= 0.6 is 0 Å². The van der Waals surface area contributed by atoms with Crippen molar-refractivity contribution in [3.8, 4) is 0 Å². The second-order valence-corrected chi connectivity index (χ2v) is 4.80. The highest BCUT2D eigenvalue weighted by Crippen LogP contribution is 2.05. The van der Waals surface area contributed by atoms with Crippen LogP contribution in [-0.2, 0) is 19.1 Å². The number of amides is 1. The minimum atomic E-state index is -0.944. The van der Waals surface area contributed by atoms with E-state index in [4.69, 9.17) is 27.0 Å². The Morgan fingerprint density at radius 2 is 2.13 bits per heavy atom. The van der Waals surface area contributed by atoms with Gasteiger partial charge < -0.3 is 32.4 Å². The fourth-order valence-corrected chi connectivity index (χ4v) is 1.69. The van der Waals surface area contributed by atoms with E-state index in [1.807, 2.05) is 0 Å². The Kier molecular flexibility index (Phi) is 10.1. The van der Waals surface area contributed by atoms with Crippen molar-refractivity contribution in [1.82, 2.24) is 5.32 Å². The van der Waals surface area contributed by atoms with Crippen molar-refractivity contribution in [2.75, 3.05) is 13.2 Å². The van der Waals surface area contributed by atoms with Gasteiger partial charge in [-0.25, -0.2) is 4.79 Å². The summed E-state index contributed by atoms with van der Waals surface area (Å²) in [6.45, 7) is 2.57. The molecule has 23 heavy (non-hydrogen) atoms. The molecule has 10 nitrogen and oxygen atoms in total. The third-order valence-electron chi connectivity index (χ3n) is 2.85. The number of nitrogens with one attached hydrogen (secondary N) is 1. The molecule has 0 aromatic rings. The lowest BCUT2D eigenvalue weighted by Crippen LogP contribution is -2.32. The van der Waals surface area contributed by atoms with Crippen LogP contribution in [-0.4, -0.2) is 54.1 Å². The van der Waals surface area contributed by atoms with Crippen LogP contribution in [0.15, 0.2) is 4.99 Å². The smallest absolute Gasteiger partial charge is 0.326 e. The molecule has 8 N–H and O–H groups in total. The number of hydrogen-bond donors (Lipinski definition) is 5. The van der Waals surface area contributed by atoms with Gasteiger partial charge in [0, 0.05) is 13.0 Å². The maximum absolute atomic E-state index is 11.0. The molecular formula is C13H25N5O5. The lowest BCUT2D eigenvalue weighted by atomic mass is 10.2. The molecular weight excluding hydrogens is 306 g/mol. The Hall–Kier alpha value is -2.36. The van der Waals surface area contributed by atoms with Gasteiger partial charge in [0.2, 0.25) is 5.91 Å². The molecule has 0 radical (unpaired) electrons. The van der Waals surface area contributed by atoms with Crippen LogP contribution in [0.25, 0.3) is 0 Å². The van der Waals surface area contributed by atoms with Gasteiger partial charge in [-0.05, 0) is 26.2 Å². The molecule has 10 heteroatoms. The summed E-state index contributed by atoms with van der Waals surface area (Å²) in [5.41, 5.74) is 15.8. The first-order valence-electron chi connectivity index (χ1n) is 7.27. The number of guanidine groups is 1. The van der Waals surface area contributed by atoms with Gasteiger partial charge in [0.1, 0.15) is 12.1 Å². The molecule has 0 bridgehead atoms. The summed E-state index contributed by atoms with van der Waals surface area (Å²) in [6, 6.07) is -1.22. The third kappa shape index (κ3) is 10.1. The molecule has 1 rings (SSSR count). The number of nitrogens with two attached hydrogens (primary N) is 3. The minimum Gasteiger partial charge on any atom is -0.480 e. The zero-order valence-electron chi connectivity index (χ0n) is 13.2. The third-order valence-corrected chi connectivity index (χ3v) is 2.85. The average molecular weight is 331 g/mol. The van der Waals surface area contributed by atoms with Crippen LogP contribution in [0.2, 0.25) is 0 Å². The van der Waals surface area contributed by atoms with Crippen molar-refractivity contribution in [2.45, 2.75) is 44.7 Å². The van der Waals surface area contributed by atoms with E-state index in [9.17, 15) is 14.4 Å². The summed E-state index contributed by atoms with van der Waals surface area (Å²) >= 11 is 0. The summed E-state index contributed by atoms with van der Waals surface area (Å²) in [6.07, 6.45) is 1.96. The molecule has 1 aliphatic rings. The number of esters is 1. The molecule has 0 aliphatic carbocycles. The van der Waals surface area contributed by atoms with Crippen molar-refractivity contribution < 1.29 is 24.2 Å². The number of aliphatic imine (C=N–C) groups is 1. The van der Waals surface area contributed by atoms with Crippen LogP contribution in [0, 0.1) is 0 Å². The molecule has 132 valence electrons. The Morgan fingerprint density at radius 3 is 2.52 bits per heavy atom. The molecule has 1 unspecified atom stereocenters. The largest absolute Gasteiger partial charge is 0.480 e. The van der Waals surface area contributed by atoms with E-state index in [2.05, 4.69) is 10.3 Å². The van der Waals surface area contributed by atoms with E-state index in [-0.39, 0.29) is 17.8 Å². The number of rotatable bonds is 7. The second-order valence-electron chi connectivity index (χ2n) is 4.80. The van der Waals surface area contributed by atoms with Crippen molar-refractivity contribution in [3.05, 3.63) is 0 Å². The summed E-state index contributed by atoms with van der Waals surface area (Å²) < 4.78 is 4.73. The lowest BCUT2D eigenvalue weighted by Gasteiger charge is -2.08. The van der Waals surface area contributed by atoms with Gasteiger partial charge in [-0.2, -0.15) is 0 Å². The number of ether oxygens (including phenoxy) is 1. The first kappa shape index (κ1) is 20.6. The predicted octanol–water partition coefficient (Wildman–Crippen LogP) is -1.72. The van der Waals surface area contributed by atoms with Crippen LogP contribution in [0.5, 0.6) is 0 Å². The molecule has 1 fully saturated rings. The standard InChI is InChI=1S/C8H18N4O2.C5H7NO3/c1-2-14-7(13)6(9)4-3-5-12-8(10)11;7-4-2-1-3(6-4)5(8)9/h6H,2-5,9H2,1H3,(H4,10,11,12);3H,1-2H2,(H,6,7)(H,8,9)/t;3-/m.0/s1. The summed E-state index contributed by atoms with van der Waals surface area (Å²) in [5, 5.41) is 10.6. The van der Waals surface area contributed by atoms with Gasteiger partial charge in [0.15, 0.2) is 5.96 Å². The van der Waals surface area contributed by atoms with Crippen molar-refractivity contribution in [2.24, 2.45) is 22.2 Å². The van der Waals surface area contributed by atoms with E-state index >= 15 is 0 Å². The van der Waals surface area contributed by atoms with E-state index in [1.165, 1.54) is 0 Å². The normalized spacial score (nSPS) is 17.3. The quantitative estimate of drug-likeness (QED) is 0.158. The fourth-order valence-electron chi connectivity index (χ4n) is 1.69. The summed E-state index contributed by atoms with van der Waals surface area (Å²) in [5.74, 6) is -1.44. The lowest BCUT2D eigenvalue weighted by molar-refractivity contribution is -0.144. The van der Waals surface area contributed by atoms with Crippen LogP contribution in [0.1, 0.15) is 32.6 Å². The van der Waals surface area contributed by atoms with Crippen LogP contribution < -0.4 is 22.5 Å². The Labute approximate surface area is 134 Å². The molecule has 0 aromatic heterocycles. The minimum absolute atomic E-state index is 0.0507. The number of carboxylic acid groups (broad SMARTS) is 1. The molecule has 0 saturated carbocycles. The topological polar surface area (TPSA) is 183 Å². The fraction of sp³-hybridized carbons (Fsp3) is 0.692. The van der Waals surface area contributed by atoms with Crippen LogP contribution in [0.3, 0.4) is 0 Å². The van der Waals surface area contributed by atoms with E-state index in [1.54, 1.807) is 6.92 Å². The van der Waals surface area contributed by atoms with Gasteiger partial charge in [-0.15, -0.1) is 0 Å². The van der Waals surface area contributed by atoms with Gasteiger partial charge in [-0.1, -0.05) is 0 Å². The molecule has 1 amide bonds. The molecule has 0 spiro atoms. The zero-order valence-corrected chi connectivity index (χ0v) is 13.2. The maximum Gasteiger partial charge on any atom is 0.326 e.